The molecule has 0 aromatic rings. The lowest BCUT2D eigenvalue weighted by Gasteiger charge is -2.20. The van der Waals surface area contributed by atoms with Crippen LogP contribution in [0.4, 0.5) is 0 Å². The molecule has 15 heavy (non-hydrogen) atoms. The van der Waals surface area contributed by atoms with Gasteiger partial charge in [-0.1, -0.05) is 6.92 Å². The van der Waals surface area contributed by atoms with Crippen LogP contribution in [0.25, 0.3) is 0 Å². The lowest BCUT2D eigenvalue weighted by molar-refractivity contribution is 0.489. The standard InChI is InChI=1S/C10H24N2O2S/c1-5-11-8-6-7-9-15(13,14)12-10(2,3)4/h11-12H,5-9H2,1-4H3. The number of rotatable bonds is 7. The second-order valence-corrected chi connectivity index (χ2v) is 6.57. The summed E-state index contributed by atoms with van der Waals surface area (Å²) in [5.41, 5.74) is -0.375. The van der Waals surface area contributed by atoms with Crippen molar-refractivity contribution in [3.05, 3.63) is 0 Å². The van der Waals surface area contributed by atoms with Gasteiger partial charge in [0.25, 0.3) is 0 Å². The molecule has 5 heteroatoms. The van der Waals surface area contributed by atoms with E-state index >= 15 is 0 Å². The van der Waals surface area contributed by atoms with Gasteiger partial charge in [0.15, 0.2) is 0 Å². The van der Waals surface area contributed by atoms with Crippen LogP contribution >= 0.6 is 0 Å². The van der Waals surface area contributed by atoms with Crippen LogP contribution in [-0.2, 0) is 10.0 Å². The van der Waals surface area contributed by atoms with E-state index in [9.17, 15) is 8.42 Å². The Hall–Kier alpha value is -0.130. The van der Waals surface area contributed by atoms with Gasteiger partial charge in [0, 0.05) is 5.54 Å². The fourth-order valence-electron chi connectivity index (χ4n) is 1.24. The fourth-order valence-corrected chi connectivity index (χ4v) is 2.86. The van der Waals surface area contributed by atoms with E-state index in [0.717, 1.165) is 19.5 Å². The summed E-state index contributed by atoms with van der Waals surface area (Å²) in [6, 6.07) is 0. The van der Waals surface area contributed by atoms with Crippen LogP contribution in [0, 0.1) is 0 Å². The smallest absolute Gasteiger partial charge is 0.212 e. The Morgan fingerprint density at radius 1 is 1.13 bits per heavy atom. The zero-order chi connectivity index (χ0) is 11.9. The summed E-state index contributed by atoms with van der Waals surface area (Å²) in [4.78, 5) is 0. The van der Waals surface area contributed by atoms with Gasteiger partial charge in [0.2, 0.25) is 10.0 Å². The van der Waals surface area contributed by atoms with Crippen LogP contribution in [0.5, 0.6) is 0 Å². The highest BCUT2D eigenvalue weighted by atomic mass is 32.2. The third-order valence-electron chi connectivity index (χ3n) is 1.73. The van der Waals surface area contributed by atoms with Gasteiger partial charge in [-0.2, -0.15) is 0 Å². The number of hydrogen-bond acceptors (Lipinski definition) is 3. The van der Waals surface area contributed by atoms with Gasteiger partial charge < -0.3 is 5.32 Å². The van der Waals surface area contributed by atoms with E-state index < -0.39 is 10.0 Å². The lowest BCUT2D eigenvalue weighted by Crippen LogP contribution is -2.41. The van der Waals surface area contributed by atoms with Crippen LogP contribution in [0.2, 0.25) is 0 Å². The lowest BCUT2D eigenvalue weighted by atomic mass is 10.1. The second-order valence-electron chi connectivity index (χ2n) is 4.73. The minimum absolute atomic E-state index is 0.218. The molecule has 0 aromatic carbocycles. The molecule has 0 spiro atoms. The third-order valence-corrected chi connectivity index (χ3v) is 3.48. The van der Waals surface area contributed by atoms with Crippen LogP contribution in [0.3, 0.4) is 0 Å². The van der Waals surface area contributed by atoms with Gasteiger partial charge in [0.1, 0.15) is 0 Å². The molecule has 0 rings (SSSR count). The molecule has 0 aromatic heterocycles. The summed E-state index contributed by atoms with van der Waals surface area (Å²) in [5, 5.41) is 3.17. The SMILES string of the molecule is CCNCCCCS(=O)(=O)NC(C)(C)C. The summed E-state index contributed by atoms with van der Waals surface area (Å²) < 4.78 is 25.7. The summed E-state index contributed by atoms with van der Waals surface area (Å²) in [6.07, 6.45) is 1.61. The fraction of sp³-hybridized carbons (Fsp3) is 1.00. The van der Waals surface area contributed by atoms with Gasteiger partial charge >= 0.3 is 0 Å². The topological polar surface area (TPSA) is 58.2 Å². The van der Waals surface area contributed by atoms with Crippen LogP contribution in [0.15, 0.2) is 0 Å². The maximum atomic E-state index is 11.5. The molecule has 0 bridgehead atoms. The molecule has 0 saturated heterocycles. The Labute approximate surface area is 93.9 Å². The number of sulfonamides is 1. The normalized spacial score (nSPS) is 13.1. The van der Waals surface area contributed by atoms with Crippen molar-refractivity contribution < 1.29 is 8.42 Å². The second kappa shape index (κ2) is 6.45. The Morgan fingerprint density at radius 3 is 2.20 bits per heavy atom. The largest absolute Gasteiger partial charge is 0.317 e. The summed E-state index contributed by atoms with van der Waals surface area (Å²) in [7, 11) is -3.10. The molecule has 0 aliphatic rings. The van der Waals surface area contributed by atoms with Crippen molar-refractivity contribution in [3.63, 3.8) is 0 Å². The molecule has 0 fully saturated rings. The molecular weight excluding hydrogens is 212 g/mol. The Balaban J connectivity index is 3.76. The van der Waals surface area contributed by atoms with Crippen LogP contribution in [0.1, 0.15) is 40.5 Å². The van der Waals surface area contributed by atoms with Crippen LogP contribution in [-0.4, -0.2) is 32.8 Å². The van der Waals surface area contributed by atoms with E-state index in [0.29, 0.717) is 6.42 Å². The Morgan fingerprint density at radius 2 is 1.73 bits per heavy atom. The first-order chi connectivity index (χ1) is 6.77. The highest BCUT2D eigenvalue weighted by Crippen LogP contribution is 2.03. The van der Waals surface area contributed by atoms with Crippen LogP contribution < -0.4 is 10.0 Å². The Bertz CT molecular complexity index is 255. The molecular formula is C10H24N2O2S. The molecule has 0 aliphatic carbocycles. The van der Waals surface area contributed by atoms with Gasteiger partial charge in [-0.3, -0.25) is 0 Å². The van der Waals surface area contributed by atoms with E-state index in [1.165, 1.54) is 0 Å². The van der Waals surface area contributed by atoms with Gasteiger partial charge in [0.05, 0.1) is 5.75 Å². The average molecular weight is 236 g/mol. The summed E-state index contributed by atoms with van der Waals surface area (Å²) in [5.74, 6) is 0.218. The van der Waals surface area contributed by atoms with Crippen molar-refractivity contribution in [3.8, 4) is 0 Å². The highest BCUT2D eigenvalue weighted by molar-refractivity contribution is 7.89. The maximum Gasteiger partial charge on any atom is 0.212 e. The van der Waals surface area contributed by atoms with Crippen molar-refractivity contribution in [2.75, 3.05) is 18.8 Å². The molecule has 92 valence electrons. The molecule has 0 amide bonds. The molecule has 0 heterocycles. The van der Waals surface area contributed by atoms with Crippen molar-refractivity contribution >= 4 is 10.0 Å². The summed E-state index contributed by atoms with van der Waals surface area (Å²) >= 11 is 0. The highest BCUT2D eigenvalue weighted by Gasteiger charge is 2.18. The summed E-state index contributed by atoms with van der Waals surface area (Å²) in [6.45, 7) is 9.42. The van der Waals surface area contributed by atoms with E-state index in [-0.39, 0.29) is 11.3 Å². The van der Waals surface area contributed by atoms with Gasteiger partial charge in [-0.25, -0.2) is 13.1 Å². The van der Waals surface area contributed by atoms with E-state index in [1.54, 1.807) is 0 Å². The molecule has 0 aliphatic heterocycles. The zero-order valence-corrected chi connectivity index (χ0v) is 11.1. The van der Waals surface area contributed by atoms with E-state index in [2.05, 4.69) is 10.0 Å². The first-order valence-corrected chi connectivity index (χ1v) is 7.14. The Kier molecular flexibility index (Phi) is 6.40. The van der Waals surface area contributed by atoms with Gasteiger partial charge in [-0.15, -0.1) is 0 Å². The molecule has 0 radical (unpaired) electrons. The van der Waals surface area contributed by atoms with E-state index in [1.807, 2.05) is 27.7 Å². The quantitative estimate of drug-likeness (QED) is 0.651. The molecule has 0 saturated carbocycles. The first kappa shape index (κ1) is 14.9. The molecule has 2 N–H and O–H groups in total. The van der Waals surface area contributed by atoms with Crippen molar-refractivity contribution in [1.29, 1.82) is 0 Å². The molecule has 4 nitrogen and oxygen atoms in total. The predicted octanol–water partition coefficient (Wildman–Crippen LogP) is 1.09. The zero-order valence-electron chi connectivity index (χ0n) is 10.3. The minimum atomic E-state index is -3.10. The van der Waals surface area contributed by atoms with Crippen molar-refractivity contribution in [1.82, 2.24) is 10.0 Å². The van der Waals surface area contributed by atoms with Crippen molar-refractivity contribution in [2.45, 2.75) is 46.1 Å². The monoisotopic (exact) mass is 236 g/mol. The average Bonchev–Trinajstić information content (AvgIpc) is 1.99. The maximum absolute atomic E-state index is 11.5. The van der Waals surface area contributed by atoms with E-state index in [4.69, 9.17) is 0 Å². The first-order valence-electron chi connectivity index (χ1n) is 5.49. The number of unbranched alkanes of at least 4 members (excludes halogenated alkanes) is 1. The number of hydrogen-bond donors (Lipinski definition) is 2. The number of nitrogens with one attached hydrogen (secondary N) is 2. The molecule has 0 atom stereocenters. The predicted molar refractivity (Wildman–Crippen MR) is 64.5 cm³/mol. The minimum Gasteiger partial charge on any atom is -0.317 e. The third kappa shape index (κ3) is 10.2. The van der Waals surface area contributed by atoms with Crippen molar-refractivity contribution in [2.24, 2.45) is 0 Å². The molecule has 0 unspecified atom stereocenters. The van der Waals surface area contributed by atoms with Gasteiger partial charge in [-0.05, 0) is 46.7 Å².